The topological polar surface area (TPSA) is 46.3 Å². The minimum absolute atomic E-state index is 0.0361. The van der Waals surface area contributed by atoms with Gasteiger partial charge in [-0.1, -0.05) is 46.6 Å². The first-order chi connectivity index (χ1) is 8.68. The summed E-state index contributed by atoms with van der Waals surface area (Å²) in [7, 11) is 0. The monoisotopic (exact) mass is 279 g/mol. The third-order valence-electron chi connectivity index (χ3n) is 2.69. The Morgan fingerprint density at radius 3 is 2.61 bits per heavy atom. The van der Waals surface area contributed by atoms with Gasteiger partial charge in [0.15, 0.2) is 5.58 Å². The fourth-order valence-electron chi connectivity index (χ4n) is 1.81. The van der Waals surface area contributed by atoms with Crippen molar-refractivity contribution in [2.24, 2.45) is 0 Å². The van der Waals surface area contributed by atoms with Crippen molar-refractivity contribution in [3.05, 3.63) is 46.4 Å². The predicted molar refractivity (Wildman–Crippen MR) is 71.1 cm³/mol. The van der Waals surface area contributed by atoms with Crippen molar-refractivity contribution in [2.45, 2.75) is 0 Å². The summed E-state index contributed by atoms with van der Waals surface area (Å²) in [6.45, 7) is 0. The van der Waals surface area contributed by atoms with Crippen LogP contribution in [0.15, 0.2) is 40.9 Å². The van der Waals surface area contributed by atoms with Gasteiger partial charge in [-0.2, -0.15) is 0 Å². The molecule has 0 aliphatic carbocycles. The summed E-state index contributed by atoms with van der Waals surface area (Å²) in [5.74, 6) is -0.0361. The largest absolute Gasteiger partial charge is 0.506 e. The van der Waals surface area contributed by atoms with Crippen LogP contribution in [0, 0.1) is 0 Å². The number of phenols is 1. The Morgan fingerprint density at radius 1 is 1.06 bits per heavy atom. The highest BCUT2D eigenvalue weighted by Gasteiger charge is 2.16. The lowest BCUT2D eigenvalue weighted by Crippen LogP contribution is -1.79. The van der Waals surface area contributed by atoms with Crippen LogP contribution in [0.3, 0.4) is 0 Å². The van der Waals surface area contributed by atoms with E-state index in [1.165, 1.54) is 6.07 Å². The van der Waals surface area contributed by atoms with Crippen molar-refractivity contribution in [2.75, 3.05) is 0 Å². The predicted octanol–water partition coefficient (Wildman–Crippen LogP) is 4.51. The number of fused-ring (bicyclic) bond motifs is 1. The summed E-state index contributed by atoms with van der Waals surface area (Å²) in [4.78, 5) is 0. The average Bonchev–Trinajstić information content (AvgIpc) is 2.79. The normalized spacial score (nSPS) is 11.0. The molecule has 18 heavy (non-hydrogen) atoms. The molecule has 0 saturated heterocycles. The molecule has 5 heteroatoms. The zero-order valence-corrected chi connectivity index (χ0v) is 10.5. The van der Waals surface area contributed by atoms with Gasteiger partial charge in [0.1, 0.15) is 16.5 Å². The van der Waals surface area contributed by atoms with Crippen LogP contribution in [0.1, 0.15) is 0 Å². The Hall–Kier alpha value is -1.71. The van der Waals surface area contributed by atoms with E-state index in [2.05, 4.69) is 5.16 Å². The number of halogens is 2. The fraction of sp³-hybridized carbons (Fsp3) is 0. The maximum Gasteiger partial charge on any atom is 0.189 e. The molecule has 0 aliphatic heterocycles. The SMILES string of the molecule is Oc1ccc2c(-c3ccccc3Cl)noc2c1Cl. The third-order valence-corrected chi connectivity index (χ3v) is 3.38. The molecule has 3 aromatic rings. The Morgan fingerprint density at radius 2 is 1.83 bits per heavy atom. The summed E-state index contributed by atoms with van der Waals surface area (Å²) in [5, 5.41) is 14.9. The van der Waals surface area contributed by atoms with E-state index in [1.54, 1.807) is 12.1 Å². The van der Waals surface area contributed by atoms with E-state index in [0.717, 1.165) is 5.56 Å². The summed E-state index contributed by atoms with van der Waals surface area (Å²) in [5.41, 5.74) is 1.73. The first kappa shape index (κ1) is 11.4. The van der Waals surface area contributed by atoms with E-state index in [-0.39, 0.29) is 10.8 Å². The number of hydrogen-bond acceptors (Lipinski definition) is 3. The smallest absolute Gasteiger partial charge is 0.189 e. The Labute approximate surface area is 113 Å². The van der Waals surface area contributed by atoms with Crippen LogP contribution in [0.25, 0.3) is 22.2 Å². The summed E-state index contributed by atoms with van der Waals surface area (Å²) in [6.07, 6.45) is 0. The van der Waals surface area contributed by atoms with E-state index in [0.29, 0.717) is 21.7 Å². The van der Waals surface area contributed by atoms with Crippen molar-refractivity contribution in [1.29, 1.82) is 0 Å². The van der Waals surface area contributed by atoms with E-state index in [9.17, 15) is 5.11 Å². The van der Waals surface area contributed by atoms with E-state index < -0.39 is 0 Å². The van der Waals surface area contributed by atoms with Crippen LogP contribution < -0.4 is 0 Å². The summed E-state index contributed by atoms with van der Waals surface area (Å²) < 4.78 is 5.17. The molecular formula is C13H7Cl2NO2. The second-order valence-corrected chi connectivity index (χ2v) is 4.57. The standard InChI is InChI=1S/C13H7Cl2NO2/c14-9-4-2-1-3-7(9)12-8-5-6-10(17)11(15)13(8)18-16-12/h1-6,17H. The minimum atomic E-state index is -0.0361. The molecule has 1 N–H and O–H groups in total. The van der Waals surface area contributed by atoms with Crippen LogP contribution in [-0.4, -0.2) is 10.3 Å². The van der Waals surface area contributed by atoms with Gasteiger partial charge >= 0.3 is 0 Å². The molecule has 0 saturated carbocycles. The lowest BCUT2D eigenvalue weighted by Gasteiger charge is -2.00. The second kappa shape index (κ2) is 4.19. The first-order valence-electron chi connectivity index (χ1n) is 5.20. The number of phenolic OH excluding ortho intramolecular Hbond substituents is 1. The molecule has 0 radical (unpaired) electrons. The number of hydrogen-bond donors (Lipinski definition) is 1. The number of aromatic nitrogens is 1. The lowest BCUT2D eigenvalue weighted by molar-refractivity contribution is 0.451. The molecule has 3 nitrogen and oxygen atoms in total. The maximum atomic E-state index is 9.51. The van der Waals surface area contributed by atoms with E-state index in [4.69, 9.17) is 27.7 Å². The van der Waals surface area contributed by atoms with Crippen LogP contribution in [0.5, 0.6) is 5.75 Å². The lowest BCUT2D eigenvalue weighted by atomic mass is 10.1. The van der Waals surface area contributed by atoms with Crippen molar-refractivity contribution < 1.29 is 9.63 Å². The maximum absolute atomic E-state index is 9.51. The van der Waals surface area contributed by atoms with Crippen molar-refractivity contribution in [1.82, 2.24) is 5.16 Å². The van der Waals surface area contributed by atoms with Crippen LogP contribution in [0.4, 0.5) is 0 Å². The molecule has 1 aromatic heterocycles. The van der Waals surface area contributed by atoms with Crippen molar-refractivity contribution in [3.63, 3.8) is 0 Å². The Bertz CT molecular complexity index is 737. The molecule has 0 spiro atoms. The van der Waals surface area contributed by atoms with E-state index in [1.807, 2.05) is 18.2 Å². The van der Waals surface area contributed by atoms with Crippen molar-refractivity contribution in [3.8, 4) is 17.0 Å². The highest BCUT2D eigenvalue weighted by molar-refractivity contribution is 6.37. The van der Waals surface area contributed by atoms with Gasteiger partial charge in [-0.05, 0) is 18.2 Å². The zero-order chi connectivity index (χ0) is 12.7. The highest BCUT2D eigenvalue weighted by atomic mass is 35.5. The molecule has 0 fully saturated rings. The molecule has 0 amide bonds. The highest BCUT2D eigenvalue weighted by Crippen LogP contribution is 2.38. The van der Waals surface area contributed by atoms with Gasteiger partial charge in [-0.3, -0.25) is 0 Å². The second-order valence-electron chi connectivity index (χ2n) is 3.79. The van der Waals surface area contributed by atoms with Gasteiger partial charge in [0.2, 0.25) is 0 Å². The number of benzene rings is 2. The molecule has 0 bridgehead atoms. The third kappa shape index (κ3) is 1.64. The first-order valence-corrected chi connectivity index (χ1v) is 5.96. The van der Waals surface area contributed by atoms with Gasteiger partial charge < -0.3 is 9.63 Å². The molecule has 3 rings (SSSR count). The Balaban J connectivity index is 2.32. The van der Waals surface area contributed by atoms with Gasteiger partial charge in [-0.25, -0.2) is 0 Å². The molecule has 0 unspecified atom stereocenters. The Kier molecular flexibility index (Phi) is 2.65. The van der Waals surface area contributed by atoms with Gasteiger partial charge in [0.25, 0.3) is 0 Å². The fourth-order valence-corrected chi connectivity index (χ4v) is 2.23. The number of rotatable bonds is 1. The summed E-state index contributed by atoms with van der Waals surface area (Å²) >= 11 is 12.1. The minimum Gasteiger partial charge on any atom is -0.506 e. The summed E-state index contributed by atoms with van der Waals surface area (Å²) in [6, 6.07) is 10.5. The van der Waals surface area contributed by atoms with Gasteiger partial charge in [-0.15, -0.1) is 0 Å². The molecule has 0 aliphatic rings. The van der Waals surface area contributed by atoms with Crippen LogP contribution in [0.2, 0.25) is 10.0 Å². The molecule has 2 aromatic carbocycles. The van der Waals surface area contributed by atoms with Gasteiger partial charge in [0.05, 0.1) is 10.4 Å². The van der Waals surface area contributed by atoms with E-state index >= 15 is 0 Å². The van der Waals surface area contributed by atoms with Crippen molar-refractivity contribution >= 4 is 34.2 Å². The molecule has 90 valence electrons. The molecule has 1 heterocycles. The quantitative estimate of drug-likeness (QED) is 0.713. The number of nitrogens with zero attached hydrogens (tertiary/aromatic N) is 1. The van der Waals surface area contributed by atoms with Crippen LogP contribution >= 0.6 is 23.2 Å². The number of aromatic hydroxyl groups is 1. The van der Waals surface area contributed by atoms with Gasteiger partial charge in [0, 0.05) is 5.56 Å². The molecule has 0 atom stereocenters. The molecular weight excluding hydrogens is 273 g/mol. The zero-order valence-electron chi connectivity index (χ0n) is 9.02. The average molecular weight is 280 g/mol. The van der Waals surface area contributed by atoms with Crippen LogP contribution in [-0.2, 0) is 0 Å².